The Kier molecular flexibility index (Phi) is 5.13. The number of sulfonamides is 1. The van der Waals surface area contributed by atoms with Crippen molar-refractivity contribution in [2.75, 3.05) is 18.4 Å². The van der Waals surface area contributed by atoms with Crippen LogP contribution < -0.4 is 10.6 Å². The van der Waals surface area contributed by atoms with Gasteiger partial charge in [-0.3, -0.25) is 9.59 Å². The van der Waals surface area contributed by atoms with Crippen molar-refractivity contribution in [3.8, 4) is 0 Å². The van der Waals surface area contributed by atoms with Crippen LogP contribution in [-0.2, 0) is 14.8 Å². The van der Waals surface area contributed by atoms with Crippen LogP contribution in [0.3, 0.4) is 0 Å². The zero-order valence-electron chi connectivity index (χ0n) is 15.9. The fourth-order valence-corrected chi connectivity index (χ4v) is 4.84. The summed E-state index contributed by atoms with van der Waals surface area (Å²) < 4.78 is 32.3. The van der Waals surface area contributed by atoms with Gasteiger partial charge < -0.3 is 15.2 Å². The Balaban J connectivity index is 1.37. The van der Waals surface area contributed by atoms with E-state index in [0.717, 1.165) is 18.6 Å². The van der Waals surface area contributed by atoms with E-state index in [1.807, 2.05) is 0 Å². The summed E-state index contributed by atoms with van der Waals surface area (Å²) in [5.74, 6) is 0.515. The highest BCUT2D eigenvalue weighted by atomic mass is 32.2. The van der Waals surface area contributed by atoms with Crippen molar-refractivity contribution in [1.29, 1.82) is 0 Å². The predicted molar refractivity (Wildman–Crippen MR) is 104 cm³/mol. The lowest BCUT2D eigenvalue weighted by Crippen LogP contribution is -2.38. The van der Waals surface area contributed by atoms with Gasteiger partial charge in [-0.2, -0.15) is 4.31 Å². The van der Waals surface area contributed by atoms with Gasteiger partial charge >= 0.3 is 0 Å². The Hall–Kier alpha value is -2.72. The molecular formula is C19H22N4O5S. The van der Waals surface area contributed by atoms with Crippen molar-refractivity contribution in [1.82, 2.24) is 14.8 Å². The molecule has 0 radical (unpaired) electrons. The first-order chi connectivity index (χ1) is 13.8. The molecule has 1 atom stereocenters. The molecule has 1 saturated carbocycles. The molecule has 2 aromatic rings. The van der Waals surface area contributed by atoms with Gasteiger partial charge in [0.05, 0.1) is 4.90 Å². The van der Waals surface area contributed by atoms with Gasteiger partial charge in [-0.05, 0) is 43.5 Å². The SMILES string of the molecule is CC(=O)Nc1ccc(S(=O)(=O)N2CC[C@H](NC(=O)c3cc(C4CC4)on3)C2)cc1. The molecule has 0 spiro atoms. The Bertz CT molecular complexity index is 1030. The summed E-state index contributed by atoms with van der Waals surface area (Å²) in [6, 6.07) is 7.38. The second-order valence-electron chi connectivity index (χ2n) is 7.42. The number of carbonyl (C=O) groups excluding carboxylic acids is 2. The standard InChI is InChI=1S/C19H22N4O5S/c1-12(24)20-14-4-6-16(7-5-14)29(26,27)23-9-8-15(11-23)21-19(25)17-10-18(28-22-17)13-2-3-13/h4-7,10,13,15H,2-3,8-9,11H2,1H3,(H,20,24)(H,21,25)/t15-/m0/s1. The van der Waals surface area contributed by atoms with Gasteiger partial charge in [0, 0.05) is 43.7 Å². The Morgan fingerprint density at radius 3 is 2.55 bits per heavy atom. The van der Waals surface area contributed by atoms with Gasteiger partial charge in [-0.25, -0.2) is 8.42 Å². The van der Waals surface area contributed by atoms with Gasteiger partial charge in [-0.15, -0.1) is 0 Å². The van der Waals surface area contributed by atoms with E-state index < -0.39 is 10.0 Å². The molecule has 1 aromatic heterocycles. The first-order valence-corrected chi connectivity index (χ1v) is 10.9. The zero-order valence-corrected chi connectivity index (χ0v) is 16.7. The van der Waals surface area contributed by atoms with Crippen molar-refractivity contribution < 1.29 is 22.5 Å². The predicted octanol–water partition coefficient (Wildman–Crippen LogP) is 1.70. The first kappa shape index (κ1) is 19.6. The van der Waals surface area contributed by atoms with Crippen molar-refractivity contribution in [2.24, 2.45) is 0 Å². The number of rotatable bonds is 6. The summed E-state index contributed by atoms with van der Waals surface area (Å²) in [6.07, 6.45) is 2.62. The molecule has 1 saturated heterocycles. The van der Waals surface area contributed by atoms with Crippen LogP contribution in [0.4, 0.5) is 5.69 Å². The summed E-state index contributed by atoms with van der Waals surface area (Å²) in [5.41, 5.74) is 0.753. The van der Waals surface area contributed by atoms with Gasteiger partial charge in [0.1, 0.15) is 5.76 Å². The second kappa shape index (κ2) is 7.60. The van der Waals surface area contributed by atoms with E-state index in [2.05, 4.69) is 15.8 Å². The molecule has 0 unspecified atom stereocenters. The summed E-state index contributed by atoms with van der Waals surface area (Å²) in [7, 11) is -3.68. The first-order valence-electron chi connectivity index (χ1n) is 9.48. The number of carbonyl (C=O) groups is 2. The van der Waals surface area contributed by atoms with Crippen LogP contribution in [0.2, 0.25) is 0 Å². The van der Waals surface area contributed by atoms with Crippen molar-refractivity contribution in [2.45, 2.75) is 43.0 Å². The maximum atomic E-state index is 12.9. The van der Waals surface area contributed by atoms with Crippen LogP contribution in [0.1, 0.15) is 48.4 Å². The van der Waals surface area contributed by atoms with E-state index in [0.29, 0.717) is 24.6 Å². The molecule has 2 amide bonds. The van der Waals surface area contributed by atoms with E-state index in [1.54, 1.807) is 18.2 Å². The number of hydrogen-bond donors (Lipinski definition) is 2. The van der Waals surface area contributed by atoms with Gasteiger partial charge in [0.15, 0.2) is 5.69 Å². The molecule has 1 aromatic carbocycles. The molecule has 29 heavy (non-hydrogen) atoms. The molecule has 154 valence electrons. The van der Waals surface area contributed by atoms with Crippen LogP contribution in [0.25, 0.3) is 0 Å². The van der Waals surface area contributed by atoms with E-state index in [-0.39, 0.29) is 35.0 Å². The molecule has 10 heteroatoms. The van der Waals surface area contributed by atoms with Crippen LogP contribution in [0.15, 0.2) is 39.8 Å². The highest BCUT2D eigenvalue weighted by Crippen LogP contribution is 2.40. The summed E-state index contributed by atoms with van der Waals surface area (Å²) in [4.78, 5) is 23.6. The molecule has 9 nitrogen and oxygen atoms in total. The topological polar surface area (TPSA) is 122 Å². The second-order valence-corrected chi connectivity index (χ2v) is 9.35. The summed E-state index contributed by atoms with van der Waals surface area (Å²) in [6.45, 7) is 1.89. The van der Waals surface area contributed by atoms with E-state index >= 15 is 0 Å². The van der Waals surface area contributed by atoms with Crippen molar-refractivity contribution in [3.63, 3.8) is 0 Å². The maximum absolute atomic E-state index is 12.9. The molecule has 2 heterocycles. The molecule has 2 N–H and O–H groups in total. The fraction of sp³-hybridized carbons (Fsp3) is 0.421. The normalized spacial score (nSPS) is 19.8. The Morgan fingerprint density at radius 2 is 1.90 bits per heavy atom. The zero-order chi connectivity index (χ0) is 20.6. The Labute approximate surface area is 168 Å². The molecule has 2 aliphatic rings. The number of anilines is 1. The van der Waals surface area contributed by atoms with Crippen LogP contribution in [0.5, 0.6) is 0 Å². The van der Waals surface area contributed by atoms with Gasteiger partial charge in [-0.1, -0.05) is 5.16 Å². The average molecular weight is 418 g/mol. The minimum Gasteiger partial charge on any atom is -0.360 e. The third-order valence-electron chi connectivity index (χ3n) is 5.04. The van der Waals surface area contributed by atoms with E-state index in [9.17, 15) is 18.0 Å². The van der Waals surface area contributed by atoms with Crippen LogP contribution >= 0.6 is 0 Å². The molecular weight excluding hydrogens is 396 g/mol. The summed E-state index contributed by atoms with van der Waals surface area (Å²) >= 11 is 0. The van der Waals surface area contributed by atoms with Crippen molar-refractivity contribution >= 4 is 27.5 Å². The lowest BCUT2D eigenvalue weighted by Gasteiger charge is -2.17. The van der Waals surface area contributed by atoms with Crippen LogP contribution in [-0.4, -0.2) is 48.8 Å². The fourth-order valence-electron chi connectivity index (χ4n) is 3.34. The van der Waals surface area contributed by atoms with Gasteiger partial charge in [0.2, 0.25) is 15.9 Å². The highest BCUT2D eigenvalue weighted by Gasteiger charge is 2.34. The third kappa shape index (κ3) is 4.33. The minimum atomic E-state index is -3.68. The molecule has 0 bridgehead atoms. The lowest BCUT2D eigenvalue weighted by atomic mass is 10.2. The number of hydrogen-bond acceptors (Lipinski definition) is 6. The Morgan fingerprint density at radius 1 is 1.17 bits per heavy atom. The van der Waals surface area contributed by atoms with E-state index in [1.165, 1.54) is 23.4 Å². The summed E-state index contributed by atoms with van der Waals surface area (Å²) in [5, 5.41) is 9.25. The molecule has 1 aliphatic heterocycles. The largest absolute Gasteiger partial charge is 0.360 e. The monoisotopic (exact) mass is 418 g/mol. The molecule has 4 rings (SSSR count). The minimum absolute atomic E-state index is 0.143. The van der Waals surface area contributed by atoms with Gasteiger partial charge in [0.25, 0.3) is 5.91 Å². The number of benzene rings is 1. The maximum Gasteiger partial charge on any atom is 0.273 e. The van der Waals surface area contributed by atoms with E-state index in [4.69, 9.17) is 4.52 Å². The average Bonchev–Trinajstić information content (AvgIpc) is 3.21. The highest BCUT2D eigenvalue weighted by molar-refractivity contribution is 7.89. The quantitative estimate of drug-likeness (QED) is 0.736. The number of aromatic nitrogens is 1. The van der Waals surface area contributed by atoms with Crippen LogP contribution in [0, 0.1) is 0 Å². The number of nitrogens with one attached hydrogen (secondary N) is 2. The molecule has 2 fully saturated rings. The van der Waals surface area contributed by atoms with Crippen molar-refractivity contribution in [3.05, 3.63) is 41.8 Å². The smallest absolute Gasteiger partial charge is 0.273 e. The third-order valence-corrected chi connectivity index (χ3v) is 6.92. The lowest BCUT2D eigenvalue weighted by molar-refractivity contribution is -0.114. The number of amides is 2. The molecule has 1 aliphatic carbocycles. The number of nitrogens with zero attached hydrogens (tertiary/aromatic N) is 2.